The van der Waals surface area contributed by atoms with Crippen molar-refractivity contribution in [2.45, 2.75) is 19.5 Å². The number of fused-ring (bicyclic) bond motifs is 1. The van der Waals surface area contributed by atoms with Gasteiger partial charge in [0.15, 0.2) is 4.96 Å². The third-order valence-electron chi connectivity index (χ3n) is 3.03. The lowest BCUT2D eigenvalue weighted by Gasteiger charge is -2.12. The summed E-state index contributed by atoms with van der Waals surface area (Å²) in [5.74, 6) is 0. The number of nitrogens with one attached hydrogen (secondary N) is 1. The number of aromatic nitrogens is 2. The van der Waals surface area contributed by atoms with Crippen molar-refractivity contribution in [1.82, 2.24) is 14.7 Å². The van der Waals surface area contributed by atoms with Gasteiger partial charge < -0.3 is 5.32 Å². The van der Waals surface area contributed by atoms with E-state index < -0.39 is 0 Å². The van der Waals surface area contributed by atoms with E-state index >= 15 is 0 Å². The Hall–Kier alpha value is -1.65. The van der Waals surface area contributed by atoms with Crippen LogP contribution in [0.25, 0.3) is 4.96 Å². The molecule has 2 heterocycles. The van der Waals surface area contributed by atoms with Crippen LogP contribution in [0.1, 0.15) is 24.2 Å². The highest BCUT2D eigenvalue weighted by molar-refractivity contribution is 7.15. The van der Waals surface area contributed by atoms with E-state index in [2.05, 4.69) is 52.1 Å². The monoisotopic (exact) mass is 257 g/mol. The predicted molar refractivity (Wildman–Crippen MR) is 74.8 cm³/mol. The SMILES string of the molecule is CC(NCc1cn2ccsc2n1)c1ccccc1. The molecule has 3 aromatic rings. The molecule has 0 fully saturated rings. The summed E-state index contributed by atoms with van der Waals surface area (Å²) in [5, 5.41) is 5.54. The van der Waals surface area contributed by atoms with E-state index in [-0.39, 0.29) is 0 Å². The van der Waals surface area contributed by atoms with Gasteiger partial charge in [0, 0.05) is 30.4 Å². The Bertz CT molecular complexity index is 598. The second-order valence-corrected chi connectivity index (χ2v) is 5.21. The quantitative estimate of drug-likeness (QED) is 0.777. The van der Waals surface area contributed by atoms with Gasteiger partial charge in [-0.2, -0.15) is 0 Å². The smallest absolute Gasteiger partial charge is 0.193 e. The van der Waals surface area contributed by atoms with Gasteiger partial charge in [0.05, 0.1) is 5.69 Å². The van der Waals surface area contributed by atoms with E-state index in [9.17, 15) is 0 Å². The number of imidazole rings is 1. The van der Waals surface area contributed by atoms with Crippen LogP contribution >= 0.6 is 11.3 Å². The predicted octanol–water partition coefficient (Wildman–Crippen LogP) is 3.25. The van der Waals surface area contributed by atoms with Crippen LogP contribution in [-0.4, -0.2) is 9.38 Å². The van der Waals surface area contributed by atoms with Crippen LogP contribution in [0.5, 0.6) is 0 Å². The normalized spacial score (nSPS) is 12.9. The maximum Gasteiger partial charge on any atom is 0.193 e. The molecule has 0 spiro atoms. The summed E-state index contributed by atoms with van der Waals surface area (Å²) in [7, 11) is 0. The molecule has 1 aromatic carbocycles. The molecule has 18 heavy (non-hydrogen) atoms. The van der Waals surface area contributed by atoms with E-state index in [1.54, 1.807) is 11.3 Å². The molecule has 3 rings (SSSR count). The molecule has 0 saturated heterocycles. The van der Waals surface area contributed by atoms with Gasteiger partial charge in [-0.3, -0.25) is 4.40 Å². The molecular formula is C14H15N3S. The van der Waals surface area contributed by atoms with E-state index in [1.807, 2.05) is 17.6 Å². The highest BCUT2D eigenvalue weighted by Gasteiger charge is 2.06. The maximum absolute atomic E-state index is 4.56. The van der Waals surface area contributed by atoms with Crippen molar-refractivity contribution in [1.29, 1.82) is 0 Å². The van der Waals surface area contributed by atoms with Crippen LogP contribution in [0.4, 0.5) is 0 Å². The maximum atomic E-state index is 4.56. The summed E-state index contributed by atoms with van der Waals surface area (Å²) >= 11 is 1.66. The van der Waals surface area contributed by atoms with Crippen LogP contribution in [0.3, 0.4) is 0 Å². The lowest BCUT2D eigenvalue weighted by molar-refractivity contribution is 0.569. The first-order valence-corrected chi connectivity index (χ1v) is 6.90. The number of nitrogens with zero attached hydrogens (tertiary/aromatic N) is 2. The van der Waals surface area contributed by atoms with Crippen molar-refractivity contribution in [3.8, 4) is 0 Å². The first-order valence-electron chi connectivity index (χ1n) is 6.02. The fourth-order valence-corrected chi connectivity index (χ4v) is 2.70. The van der Waals surface area contributed by atoms with Crippen LogP contribution in [0.15, 0.2) is 48.1 Å². The average Bonchev–Trinajstić information content (AvgIpc) is 2.97. The van der Waals surface area contributed by atoms with E-state index in [4.69, 9.17) is 0 Å². The molecule has 0 saturated carbocycles. The number of hydrogen-bond donors (Lipinski definition) is 1. The second kappa shape index (κ2) is 4.92. The molecule has 0 amide bonds. The van der Waals surface area contributed by atoms with Gasteiger partial charge in [-0.05, 0) is 12.5 Å². The molecule has 0 radical (unpaired) electrons. The van der Waals surface area contributed by atoms with Gasteiger partial charge in [0.25, 0.3) is 0 Å². The van der Waals surface area contributed by atoms with Crippen molar-refractivity contribution in [2.24, 2.45) is 0 Å². The Morgan fingerprint density at radius 3 is 2.94 bits per heavy atom. The fraction of sp³-hybridized carbons (Fsp3) is 0.214. The molecule has 3 nitrogen and oxygen atoms in total. The number of thiazole rings is 1. The van der Waals surface area contributed by atoms with Gasteiger partial charge >= 0.3 is 0 Å². The van der Waals surface area contributed by atoms with E-state index in [0.717, 1.165) is 17.2 Å². The zero-order chi connectivity index (χ0) is 12.4. The second-order valence-electron chi connectivity index (χ2n) is 4.34. The molecule has 1 unspecified atom stereocenters. The minimum atomic E-state index is 0.339. The van der Waals surface area contributed by atoms with Crippen molar-refractivity contribution in [3.05, 3.63) is 59.4 Å². The van der Waals surface area contributed by atoms with Crippen LogP contribution in [-0.2, 0) is 6.54 Å². The number of benzene rings is 1. The molecular weight excluding hydrogens is 242 g/mol. The summed E-state index contributed by atoms with van der Waals surface area (Å²) in [6.45, 7) is 2.97. The Morgan fingerprint density at radius 2 is 2.17 bits per heavy atom. The lowest BCUT2D eigenvalue weighted by atomic mass is 10.1. The summed E-state index contributed by atoms with van der Waals surface area (Å²) in [6.07, 6.45) is 4.12. The zero-order valence-electron chi connectivity index (χ0n) is 10.2. The largest absolute Gasteiger partial charge is 0.305 e. The van der Waals surface area contributed by atoms with Crippen LogP contribution in [0.2, 0.25) is 0 Å². The Labute approximate surface area is 110 Å². The third kappa shape index (κ3) is 2.30. The Balaban J connectivity index is 1.66. The fourth-order valence-electron chi connectivity index (χ4n) is 1.98. The molecule has 1 N–H and O–H groups in total. The standard InChI is InChI=1S/C14H15N3S/c1-11(12-5-3-2-4-6-12)15-9-13-10-17-7-8-18-14(17)16-13/h2-8,10-11,15H,9H2,1H3. The minimum Gasteiger partial charge on any atom is -0.305 e. The molecule has 0 aliphatic carbocycles. The topological polar surface area (TPSA) is 29.3 Å². The van der Waals surface area contributed by atoms with Gasteiger partial charge in [0.2, 0.25) is 0 Å². The van der Waals surface area contributed by atoms with E-state index in [1.165, 1.54) is 5.56 Å². The first-order chi connectivity index (χ1) is 8.83. The minimum absolute atomic E-state index is 0.339. The average molecular weight is 257 g/mol. The molecule has 92 valence electrons. The molecule has 0 aliphatic rings. The molecule has 1 atom stereocenters. The summed E-state index contributed by atoms with van der Waals surface area (Å²) < 4.78 is 2.06. The van der Waals surface area contributed by atoms with Crippen LogP contribution < -0.4 is 5.32 Å². The van der Waals surface area contributed by atoms with Crippen molar-refractivity contribution >= 4 is 16.3 Å². The van der Waals surface area contributed by atoms with Crippen molar-refractivity contribution in [3.63, 3.8) is 0 Å². The lowest BCUT2D eigenvalue weighted by Crippen LogP contribution is -2.18. The van der Waals surface area contributed by atoms with E-state index in [0.29, 0.717) is 6.04 Å². The van der Waals surface area contributed by atoms with Crippen LogP contribution in [0, 0.1) is 0 Å². The Morgan fingerprint density at radius 1 is 1.33 bits per heavy atom. The number of rotatable bonds is 4. The van der Waals surface area contributed by atoms with Crippen molar-refractivity contribution in [2.75, 3.05) is 0 Å². The van der Waals surface area contributed by atoms with Gasteiger partial charge in [-0.15, -0.1) is 11.3 Å². The first kappa shape index (κ1) is 11.4. The van der Waals surface area contributed by atoms with Gasteiger partial charge in [0.1, 0.15) is 0 Å². The van der Waals surface area contributed by atoms with Gasteiger partial charge in [-0.25, -0.2) is 4.98 Å². The molecule has 0 aliphatic heterocycles. The summed E-state index contributed by atoms with van der Waals surface area (Å²) in [4.78, 5) is 5.61. The molecule has 4 heteroatoms. The zero-order valence-corrected chi connectivity index (χ0v) is 11.0. The summed E-state index contributed by atoms with van der Waals surface area (Å²) in [6, 6.07) is 10.8. The van der Waals surface area contributed by atoms with Gasteiger partial charge in [-0.1, -0.05) is 30.3 Å². The molecule has 0 bridgehead atoms. The summed E-state index contributed by atoms with van der Waals surface area (Å²) in [5.41, 5.74) is 2.39. The van der Waals surface area contributed by atoms with Crippen molar-refractivity contribution < 1.29 is 0 Å². The third-order valence-corrected chi connectivity index (χ3v) is 3.80. The highest BCUT2D eigenvalue weighted by Crippen LogP contribution is 2.14. The number of hydrogen-bond acceptors (Lipinski definition) is 3. The Kier molecular flexibility index (Phi) is 3.13. The highest BCUT2D eigenvalue weighted by atomic mass is 32.1. The molecule has 2 aromatic heterocycles.